The van der Waals surface area contributed by atoms with E-state index < -0.39 is 22.9 Å². The van der Waals surface area contributed by atoms with E-state index in [2.05, 4.69) is 15.9 Å². The van der Waals surface area contributed by atoms with Gasteiger partial charge in [-0.05, 0) is 17.9 Å². The maximum absolute atomic E-state index is 12.5. The van der Waals surface area contributed by atoms with E-state index in [9.17, 15) is 14.7 Å². The molecule has 2 rings (SSSR count). The smallest absolute Gasteiger partial charge is 0.417 e. The summed E-state index contributed by atoms with van der Waals surface area (Å²) in [5.74, 6) is -0.552. The first-order chi connectivity index (χ1) is 10.4. The Bertz CT molecular complexity index is 534. The van der Waals surface area contributed by atoms with Crippen molar-refractivity contribution in [2.45, 2.75) is 37.2 Å². The van der Waals surface area contributed by atoms with Gasteiger partial charge in [-0.1, -0.05) is 60.1 Å². The van der Waals surface area contributed by atoms with Gasteiger partial charge in [-0.2, -0.15) is 0 Å². The first-order valence-corrected chi connectivity index (χ1v) is 8.19. The standard InChI is InChI=1S/C16H20BrNO4/c1-10(2)14(19)13(17)15(20)18-12(9-22-16(18)21)8-11-6-4-3-5-7-11/h3-7,10,12-14,19H,8-9H2,1-2H3/t12-,13-,14+/m0/s1. The maximum atomic E-state index is 12.5. The zero-order chi connectivity index (χ0) is 16.3. The third kappa shape index (κ3) is 3.67. The molecule has 22 heavy (non-hydrogen) atoms. The van der Waals surface area contributed by atoms with Gasteiger partial charge in [0.15, 0.2) is 0 Å². The predicted octanol–water partition coefficient (Wildman–Crippen LogP) is 2.36. The minimum absolute atomic E-state index is 0.0977. The van der Waals surface area contributed by atoms with Gasteiger partial charge in [0.05, 0.1) is 12.1 Å². The molecular weight excluding hydrogens is 350 g/mol. The summed E-state index contributed by atoms with van der Waals surface area (Å²) in [6.45, 7) is 3.81. The van der Waals surface area contributed by atoms with Crippen LogP contribution in [0.3, 0.4) is 0 Å². The summed E-state index contributed by atoms with van der Waals surface area (Å²) in [7, 11) is 0. The summed E-state index contributed by atoms with van der Waals surface area (Å²) in [4.78, 5) is 24.7. The van der Waals surface area contributed by atoms with Gasteiger partial charge in [-0.15, -0.1) is 0 Å². The number of hydrogen-bond donors (Lipinski definition) is 1. The SMILES string of the molecule is CC(C)[C@@H](O)[C@H](Br)C(=O)N1C(=O)OC[C@@H]1Cc1ccccc1. The lowest BCUT2D eigenvalue weighted by Crippen LogP contribution is -2.48. The number of benzene rings is 1. The number of cyclic esters (lactones) is 1. The number of carbonyl (C=O) groups excluding carboxylic acids is 2. The highest BCUT2D eigenvalue weighted by molar-refractivity contribution is 9.10. The molecule has 0 spiro atoms. The Morgan fingerprint density at radius 2 is 2.05 bits per heavy atom. The van der Waals surface area contributed by atoms with Crippen LogP contribution in [0.2, 0.25) is 0 Å². The van der Waals surface area contributed by atoms with Crippen LogP contribution < -0.4 is 0 Å². The van der Waals surface area contributed by atoms with Crippen molar-refractivity contribution in [3.8, 4) is 0 Å². The molecule has 0 unspecified atom stereocenters. The predicted molar refractivity (Wildman–Crippen MR) is 85.7 cm³/mol. The van der Waals surface area contributed by atoms with Crippen LogP contribution in [0.25, 0.3) is 0 Å². The van der Waals surface area contributed by atoms with Crippen molar-refractivity contribution in [2.75, 3.05) is 6.61 Å². The summed E-state index contributed by atoms with van der Waals surface area (Å²) in [6, 6.07) is 9.28. The second-order valence-corrected chi connectivity index (χ2v) is 6.75. The number of halogens is 1. The zero-order valence-electron chi connectivity index (χ0n) is 12.6. The van der Waals surface area contributed by atoms with E-state index in [0.717, 1.165) is 10.5 Å². The Kier molecular flexibility index (Phi) is 5.58. The number of imide groups is 1. The molecule has 1 N–H and O–H groups in total. The number of carbonyl (C=O) groups is 2. The van der Waals surface area contributed by atoms with Gasteiger partial charge in [-0.25, -0.2) is 9.69 Å². The van der Waals surface area contributed by atoms with E-state index >= 15 is 0 Å². The van der Waals surface area contributed by atoms with Crippen molar-refractivity contribution in [1.82, 2.24) is 4.90 Å². The number of rotatable bonds is 5. The number of amides is 2. The van der Waals surface area contributed by atoms with E-state index in [1.54, 1.807) is 0 Å². The van der Waals surface area contributed by atoms with Gasteiger partial charge in [0.1, 0.15) is 11.4 Å². The minimum atomic E-state index is -0.863. The lowest BCUT2D eigenvalue weighted by molar-refractivity contribution is -0.130. The molecule has 0 bridgehead atoms. The van der Waals surface area contributed by atoms with Crippen LogP contribution in [0.4, 0.5) is 4.79 Å². The van der Waals surface area contributed by atoms with Gasteiger partial charge in [0, 0.05) is 0 Å². The van der Waals surface area contributed by atoms with Crippen molar-refractivity contribution in [3.05, 3.63) is 35.9 Å². The first-order valence-electron chi connectivity index (χ1n) is 7.27. The highest BCUT2D eigenvalue weighted by atomic mass is 79.9. The molecule has 1 saturated heterocycles. The fraction of sp³-hybridized carbons (Fsp3) is 0.500. The lowest BCUT2D eigenvalue weighted by Gasteiger charge is -2.26. The maximum Gasteiger partial charge on any atom is 0.417 e. The summed E-state index contributed by atoms with van der Waals surface area (Å²) in [5, 5.41) is 10.0. The summed E-state index contributed by atoms with van der Waals surface area (Å²) in [6.07, 6.45) is -0.972. The summed E-state index contributed by atoms with van der Waals surface area (Å²) in [5.41, 5.74) is 1.03. The molecule has 120 valence electrons. The summed E-state index contributed by atoms with van der Waals surface area (Å²) >= 11 is 3.21. The van der Waals surface area contributed by atoms with Crippen LogP contribution in [0, 0.1) is 5.92 Å². The third-order valence-electron chi connectivity index (χ3n) is 3.73. The van der Waals surface area contributed by atoms with Crippen LogP contribution in [0.15, 0.2) is 30.3 Å². The Morgan fingerprint density at radius 1 is 1.41 bits per heavy atom. The first kappa shape index (κ1) is 17.0. The fourth-order valence-corrected chi connectivity index (χ4v) is 3.21. The molecule has 1 aliphatic heterocycles. The van der Waals surface area contributed by atoms with E-state index in [1.807, 2.05) is 44.2 Å². The largest absolute Gasteiger partial charge is 0.447 e. The average molecular weight is 370 g/mol. The Morgan fingerprint density at radius 3 is 2.64 bits per heavy atom. The van der Waals surface area contributed by atoms with E-state index in [-0.39, 0.29) is 18.6 Å². The van der Waals surface area contributed by atoms with Crippen LogP contribution in [0.1, 0.15) is 19.4 Å². The van der Waals surface area contributed by atoms with E-state index in [1.165, 1.54) is 0 Å². The molecule has 3 atom stereocenters. The zero-order valence-corrected chi connectivity index (χ0v) is 14.2. The molecule has 0 saturated carbocycles. The Hall–Kier alpha value is -1.40. The van der Waals surface area contributed by atoms with Gasteiger partial charge < -0.3 is 9.84 Å². The highest BCUT2D eigenvalue weighted by Gasteiger charge is 2.42. The Labute approximate surface area is 138 Å². The molecule has 1 aromatic carbocycles. The molecule has 0 aliphatic carbocycles. The van der Waals surface area contributed by atoms with Crippen LogP contribution >= 0.6 is 15.9 Å². The molecule has 0 aromatic heterocycles. The van der Waals surface area contributed by atoms with Crippen LogP contribution in [-0.2, 0) is 16.0 Å². The van der Waals surface area contributed by atoms with Gasteiger partial charge >= 0.3 is 6.09 Å². The fourth-order valence-electron chi connectivity index (χ4n) is 2.38. The van der Waals surface area contributed by atoms with Crippen LogP contribution in [-0.4, -0.2) is 45.6 Å². The van der Waals surface area contributed by atoms with Crippen molar-refractivity contribution >= 4 is 27.9 Å². The molecule has 1 aliphatic rings. The normalized spacial score (nSPS) is 20.9. The number of ether oxygens (including phenoxy) is 1. The van der Waals surface area contributed by atoms with Crippen molar-refractivity contribution in [2.24, 2.45) is 5.92 Å². The molecule has 1 aromatic rings. The second-order valence-electron chi connectivity index (χ2n) is 5.77. The Balaban J connectivity index is 2.12. The van der Waals surface area contributed by atoms with Crippen LogP contribution in [0.5, 0.6) is 0 Å². The van der Waals surface area contributed by atoms with Crippen molar-refractivity contribution < 1.29 is 19.4 Å². The van der Waals surface area contributed by atoms with Crippen molar-refractivity contribution in [3.63, 3.8) is 0 Å². The van der Waals surface area contributed by atoms with E-state index in [0.29, 0.717) is 6.42 Å². The molecule has 6 heteroatoms. The number of aliphatic hydroxyl groups excluding tert-OH is 1. The lowest BCUT2D eigenvalue weighted by atomic mass is 10.0. The number of hydrogen-bond acceptors (Lipinski definition) is 4. The monoisotopic (exact) mass is 369 g/mol. The molecule has 0 radical (unpaired) electrons. The average Bonchev–Trinajstić information content (AvgIpc) is 2.86. The molecule has 1 heterocycles. The number of aliphatic hydroxyl groups is 1. The van der Waals surface area contributed by atoms with E-state index in [4.69, 9.17) is 4.74 Å². The van der Waals surface area contributed by atoms with Gasteiger partial charge in [0.2, 0.25) is 5.91 Å². The molecule has 2 amide bonds. The molecule has 1 fully saturated rings. The van der Waals surface area contributed by atoms with Gasteiger partial charge in [-0.3, -0.25) is 4.79 Å². The van der Waals surface area contributed by atoms with Crippen molar-refractivity contribution in [1.29, 1.82) is 0 Å². The third-order valence-corrected chi connectivity index (χ3v) is 4.66. The molecular formula is C16H20BrNO4. The quantitative estimate of drug-likeness (QED) is 0.809. The number of nitrogens with zero attached hydrogens (tertiary/aromatic N) is 1. The highest BCUT2D eigenvalue weighted by Crippen LogP contribution is 2.23. The van der Waals surface area contributed by atoms with Gasteiger partial charge in [0.25, 0.3) is 0 Å². The number of alkyl halides is 1. The molecule has 5 nitrogen and oxygen atoms in total. The minimum Gasteiger partial charge on any atom is -0.447 e. The topological polar surface area (TPSA) is 66.8 Å². The summed E-state index contributed by atoms with van der Waals surface area (Å²) < 4.78 is 5.03. The second kappa shape index (κ2) is 7.24.